The molecule has 1 aliphatic heterocycles. The molecule has 5 rings (SSSR count). The van der Waals surface area contributed by atoms with Crippen molar-refractivity contribution in [3.63, 3.8) is 0 Å². The minimum Gasteiger partial charge on any atom is -0.507 e. The Morgan fingerprint density at radius 2 is 1.79 bits per heavy atom. The van der Waals surface area contributed by atoms with Crippen LogP contribution in [0.25, 0.3) is 16.9 Å². The van der Waals surface area contributed by atoms with E-state index in [9.17, 15) is 13.5 Å². The summed E-state index contributed by atoms with van der Waals surface area (Å²) in [5.74, 6) is 0.879. The molecule has 4 aromatic rings. The van der Waals surface area contributed by atoms with Gasteiger partial charge in [0, 0.05) is 30.8 Å². The Bertz CT molecular complexity index is 1450. The van der Waals surface area contributed by atoms with E-state index in [1.807, 2.05) is 37.3 Å². The highest BCUT2D eigenvalue weighted by atomic mass is 79.9. The summed E-state index contributed by atoms with van der Waals surface area (Å²) in [5, 5.41) is 18.3. The molecule has 0 bridgehead atoms. The third kappa shape index (κ3) is 4.28. The zero-order chi connectivity index (χ0) is 23.9. The van der Waals surface area contributed by atoms with Crippen LogP contribution in [0.15, 0.2) is 70.2 Å². The third-order valence-electron chi connectivity index (χ3n) is 6.07. The number of rotatable bonds is 5. The lowest BCUT2D eigenvalue weighted by molar-refractivity contribution is 0.329. The maximum atomic E-state index is 13.0. The van der Waals surface area contributed by atoms with Crippen LogP contribution in [0, 0.1) is 6.92 Å². The molecule has 10 heteroatoms. The summed E-state index contributed by atoms with van der Waals surface area (Å²) in [6, 6.07) is 16.0. The van der Waals surface area contributed by atoms with Crippen LogP contribution in [0.1, 0.15) is 18.4 Å². The van der Waals surface area contributed by atoms with E-state index < -0.39 is 10.0 Å². The Labute approximate surface area is 206 Å². The van der Waals surface area contributed by atoms with E-state index in [1.54, 1.807) is 39.3 Å². The number of para-hydroxylation sites is 1. The van der Waals surface area contributed by atoms with Crippen LogP contribution in [0.3, 0.4) is 0 Å². The lowest BCUT2D eigenvalue weighted by atomic mass is 10.1. The molecule has 1 fully saturated rings. The zero-order valence-corrected chi connectivity index (χ0v) is 20.9. The molecule has 0 aliphatic carbocycles. The standard InChI is InChI=1S/C24H24BrN5O3S/c1-16-6-8-18(9-7-16)34(32,33)29-12-10-17(11-13-29)27-23-14-21(19-4-2-3-5-22(19)31)28-24-20(25)15-26-30(23)24/h2-9,14-15,17,27,31H,10-13H2,1H3. The first kappa shape index (κ1) is 22.8. The second-order valence-corrected chi connectivity index (χ2v) is 11.2. The topological polar surface area (TPSA) is 99.8 Å². The molecule has 0 saturated carbocycles. The number of nitrogens with zero attached hydrogens (tertiary/aromatic N) is 4. The maximum Gasteiger partial charge on any atom is 0.243 e. The lowest BCUT2D eigenvalue weighted by Gasteiger charge is -2.32. The highest BCUT2D eigenvalue weighted by Gasteiger charge is 2.29. The van der Waals surface area contributed by atoms with Crippen molar-refractivity contribution in [3.05, 3.63) is 70.8 Å². The first-order valence-electron chi connectivity index (χ1n) is 11.0. The van der Waals surface area contributed by atoms with Crippen LogP contribution in [-0.4, -0.2) is 51.6 Å². The first-order valence-corrected chi connectivity index (χ1v) is 13.2. The average Bonchev–Trinajstić information content (AvgIpc) is 3.21. The number of phenolic OH excluding ortho intramolecular Hbond substituents is 1. The fourth-order valence-electron chi connectivity index (χ4n) is 4.18. The molecule has 1 saturated heterocycles. The second kappa shape index (κ2) is 9.01. The number of aryl methyl sites for hydroxylation is 1. The van der Waals surface area contributed by atoms with E-state index in [0.717, 1.165) is 15.9 Å². The summed E-state index contributed by atoms with van der Waals surface area (Å²) in [7, 11) is -3.51. The molecule has 2 aromatic heterocycles. The van der Waals surface area contributed by atoms with Gasteiger partial charge in [0.15, 0.2) is 5.65 Å². The Morgan fingerprint density at radius 1 is 1.09 bits per heavy atom. The van der Waals surface area contributed by atoms with Crippen molar-refractivity contribution in [2.75, 3.05) is 18.4 Å². The van der Waals surface area contributed by atoms with Gasteiger partial charge in [0.25, 0.3) is 0 Å². The molecule has 2 N–H and O–H groups in total. The van der Waals surface area contributed by atoms with E-state index in [4.69, 9.17) is 0 Å². The smallest absolute Gasteiger partial charge is 0.243 e. The molecule has 0 radical (unpaired) electrons. The van der Waals surface area contributed by atoms with Crippen LogP contribution in [0.2, 0.25) is 0 Å². The molecule has 3 heterocycles. The molecule has 8 nitrogen and oxygen atoms in total. The van der Waals surface area contributed by atoms with Gasteiger partial charge in [-0.3, -0.25) is 0 Å². The molecule has 0 unspecified atom stereocenters. The van der Waals surface area contributed by atoms with Crippen molar-refractivity contribution >= 4 is 37.4 Å². The number of fused-ring (bicyclic) bond motifs is 1. The molecule has 34 heavy (non-hydrogen) atoms. The molecular weight excluding hydrogens is 518 g/mol. The normalized spacial score (nSPS) is 15.6. The van der Waals surface area contributed by atoms with Gasteiger partial charge < -0.3 is 10.4 Å². The molecule has 2 aromatic carbocycles. The summed E-state index contributed by atoms with van der Waals surface area (Å²) >= 11 is 3.50. The Hall–Kier alpha value is -2.95. The minimum atomic E-state index is -3.51. The number of phenols is 1. The van der Waals surface area contributed by atoms with E-state index in [1.165, 1.54) is 0 Å². The lowest BCUT2D eigenvalue weighted by Crippen LogP contribution is -2.42. The van der Waals surface area contributed by atoms with Crippen molar-refractivity contribution in [2.24, 2.45) is 0 Å². The fourth-order valence-corrected chi connectivity index (χ4v) is 5.99. The summed E-state index contributed by atoms with van der Waals surface area (Å²) in [6.07, 6.45) is 2.99. The average molecular weight is 542 g/mol. The Kier molecular flexibility index (Phi) is 6.05. The van der Waals surface area contributed by atoms with Crippen molar-refractivity contribution in [2.45, 2.75) is 30.7 Å². The van der Waals surface area contributed by atoms with Gasteiger partial charge in [-0.1, -0.05) is 29.8 Å². The third-order valence-corrected chi connectivity index (χ3v) is 8.55. The summed E-state index contributed by atoms with van der Waals surface area (Å²) in [4.78, 5) is 5.00. The van der Waals surface area contributed by atoms with Crippen LogP contribution in [0.4, 0.5) is 5.82 Å². The van der Waals surface area contributed by atoms with Crippen molar-refractivity contribution in [3.8, 4) is 17.0 Å². The summed E-state index contributed by atoms with van der Waals surface area (Å²) < 4.78 is 30.1. The highest BCUT2D eigenvalue weighted by Crippen LogP contribution is 2.32. The highest BCUT2D eigenvalue weighted by molar-refractivity contribution is 9.10. The van der Waals surface area contributed by atoms with Crippen LogP contribution in [0.5, 0.6) is 5.75 Å². The van der Waals surface area contributed by atoms with Gasteiger partial charge in [-0.2, -0.15) is 13.9 Å². The SMILES string of the molecule is Cc1ccc(S(=O)(=O)N2CCC(Nc3cc(-c4ccccc4O)nc4c(Br)cnn34)CC2)cc1. The number of sulfonamides is 1. The Balaban J connectivity index is 1.37. The van der Waals surface area contributed by atoms with Gasteiger partial charge in [-0.15, -0.1) is 0 Å². The fraction of sp³-hybridized carbons (Fsp3) is 0.250. The number of aromatic hydroxyl groups is 1. The van der Waals surface area contributed by atoms with Crippen molar-refractivity contribution in [1.29, 1.82) is 0 Å². The number of piperidine rings is 1. The molecule has 1 aliphatic rings. The number of benzene rings is 2. The minimum absolute atomic E-state index is 0.0651. The summed E-state index contributed by atoms with van der Waals surface area (Å²) in [5.41, 5.74) is 2.90. The molecular formula is C24H24BrN5O3S. The quantitative estimate of drug-likeness (QED) is 0.387. The Morgan fingerprint density at radius 3 is 2.50 bits per heavy atom. The molecule has 0 amide bonds. The number of anilines is 1. The van der Waals surface area contributed by atoms with Crippen molar-refractivity contribution in [1.82, 2.24) is 18.9 Å². The van der Waals surface area contributed by atoms with Gasteiger partial charge in [0.05, 0.1) is 21.3 Å². The monoisotopic (exact) mass is 541 g/mol. The predicted octanol–water partition coefficient (Wildman–Crippen LogP) is 4.44. The van der Waals surface area contributed by atoms with E-state index in [0.29, 0.717) is 47.7 Å². The van der Waals surface area contributed by atoms with Gasteiger partial charge in [0.1, 0.15) is 11.6 Å². The molecule has 176 valence electrons. The number of aromatic nitrogens is 3. The van der Waals surface area contributed by atoms with E-state index in [2.05, 4.69) is 31.3 Å². The van der Waals surface area contributed by atoms with Gasteiger partial charge in [-0.25, -0.2) is 13.4 Å². The van der Waals surface area contributed by atoms with E-state index >= 15 is 0 Å². The van der Waals surface area contributed by atoms with Crippen LogP contribution in [-0.2, 0) is 10.0 Å². The molecule has 0 atom stereocenters. The summed E-state index contributed by atoms with van der Waals surface area (Å²) in [6.45, 7) is 2.79. The number of nitrogens with one attached hydrogen (secondary N) is 1. The second-order valence-electron chi connectivity index (χ2n) is 8.41. The van der Waals surface area contributed by atoms with Crippen LogP contribution >= 0.6 is 15.9 Å². The predicted molar refractivity (Wildman–Crippen MR) is 134 cm³/mol. The van der Waals surface area contributed by atoms with Gasteiger partial charge in [-0.05, 0) is 60.0 Å². The van der Waals surface area contributed by atoms with Gasteiger partial charge in [0.2, 0.25) is 10.0 Å². The first-order chi connectivity index (χ1) is 16.3. The zero-order valence-electron chi connectivity index (χ0n) is 18.5. The van der Waals surface area contributed by atoms with Gasteiger partial charge >= 0.3 is 0 Å². The van der Waals surface area contributed by atoms with Crippen LogP contribution < -0.4 is 5.32 Å². The largest absolute Gasteiger partial charge is 0.507 e. The number of hydrogen-bond donors (Lipinski definition) is 2. The molecule has 0 spiro atoms. The maximum absolute atomic E-state index is 13.0. The number of hydrogen-bond acceptors (Lipinski definition) is 6. The number of halogens is 1. The van der Waals surface area contributed by atoms with Crippen molar-refractivity contribution < 1.29 is 13.5 Å². The van der Waals surface area contributed by atoms with E-state index in [-0.39, 0.29) is 11.8 Å².